The molecule has 17 heavy (non-hydrogen) atoms. The highest BCUT2D eigenvalue weighted by molar-refractivity contribution is 5.31. The van der Waals surface area contributed by atoms with Gasteiger partial charge in [0.15, 0.2) is 0 Å². The molecule has 1 heterocycles. The molecule has 0 saturated heterocycles. The summed E-state index contributed by atoms with van der Waals surface area (Å²) in [6.07, 6.45) is 2.12. The summed E-state index contributed by atoms with van der Waals surface area (Å²) in [7, 11) is 0. The summed E-state index contributed by atoms with van der Waals surface area (Å²) in [6.45, 7) is 3.87. The lowest BCUT2D eigenvalue weighted by molar-refractivity contribution is 0.132. The zero-order chi connectivity index (χ0) is 12.7. The highest BCUT2D eigenvalue weighted by Crippen LogP contribution is 2.16. The Morgan fingerprint density at radius 2 is 2.06 bits per heavy atom. The van der Waals surface area contributed by atoms with Gasteiger partial charge in [-0.25, -0.2) is 4.98 Å². The zero-order valence-electron chi connectivity index (χ0n) is 10.2. The van der Waals surface area contributed by atoms with Crippen molar-refractivity contribution in [3.8, 4) is 5.88 Å². The van der Waals surface area contributed by atoms with E-state index in [1.807, 2.05) is 13.8 Å². The van der Waals surface area contributed by atoms with Crippen molar-refractivity contribution in [2.45, 2.75) is 25.8 Å². The van der Waals surface area contributed by atoms with Crippen LogP contribution in [0.1, 0.15) is 20.3 Å². The fourth-order valence-electron chi connectivity index (χ4n) is 1.31. The lowest BCUT2D eigenvalue weighted by Gasteiger charge is -2.29. The van der Waals surface area contributed by atoms with E-state index in [4.69, 9.17) is 4.74 Å². The van der Waals surface area contributed by atoms with Gasteiger partial charge < -0.3 is 20.3 Å². The summed E-state index contributed by atoms with van der Waals surface area (Å²) in [5.74, 6) is 0.798. The largest absolute Gasteiger partial charge is 0.478 e. The lowest BCUT2D eigenvalue weighted by Crippen LogP contribution is -2.45. The highest BCUT2D eigenvalue weighted by Gasteiger charge is 2.27. The van der Waals surface area contributed by atoms with Crippen molar-refractivity contribution in [2.75, 3.05) is 25.1 Å². The van der Waals surface area contributed by atoms with Crippen molar-refractivity contribution < 1.29 is 14.9 Å². The summed E-state index contributed by atoms with van der Waals surface area (Å²) in [5, 5.41) is 21.5. The van der Waals surface area contributed by atoms with E-state index >= 15 is 0 Å². The molecule has 0 aliphatic heterocycles. The average Bonchev–Trinajstić information content (AvgIpc) is 2.37. The first-order valence-corrected chi connectivity index (χ1v) is 5.65. The van der Waals surface area contributed by atoms with Gasteiger partial charge in [0.2, 0.25) is 11.8 Å². The average molecular weight is 241 g/mol. The molecule has 0 unspecified atom stereocenters. The third-order valence-electron chi connectivity index (χ3n) is 2.58. The van der Waals surface area contributed by atoms with Crippen molar-refractivity contribution in [1.82, 2.24) is 9.97 Å². The molecule has 1 aromatic heterocycles. The van der Waals surface area contributed by atoms with Gasteiger partial charge >= 0.3 is 0 Å². The fraction of sp³-hybridized carbons (Fsp3) is 0.636. The van der Waals surface area contributed by atoms with Crippen LogP contribution >= 0.6 is 0 Å². The van der Waals surface area contributed by atoms with Crippen LogP contribution in [0.15, 0.2) is 12.3 Å². The third-order valence-corrected chi connectivity index (χ3v) is 2.58. The van der Waals surface area contributed by atoms with Crippen molar-refractivity contribution in [2.24, 2.45) is 0 Å². The van der Waals surface area contributed by atoms with Crippen LogP contribution in [0.25, 0.3) is 0 Å². The number of rotatable bonds is 7. The number of hydrogen-bond donors (Lipinski definition) is 3. The van der Waals surface area contributed by atoms with Gasteiger partial charge in [0.05, 0.1) is 25.4 Å². The Kier molecular flexibility index (Phi) is 5.11. The molecule has 0 atom stereocenters. The Morgan fingerprint density at radius 1 is 1.35 bits per heavy atom. The lowest BCUT2D eigenvalue weighted by atomic mass is 9.99. The number of nitrogens with zero attached hydrogens (tertiary/aromatic N) is 2. The van der Waals surface area contributed by atoms with Crippen LogP contribution in [0, 0.1) is 0 Å². The van der Waals surface area contributed by atoms with Crippen LogP contribution in [0.4, 0.5) is 5.95 Å². The monoisotopic (exact) mass is 241 g/mol. The first kappa shape index (κ1) is 13.7. The molecule has 1 aromatic rings. The summed E-state index contributed by atoms with van der Waals surface area (Å²) in [5.41, 5.74) is -0.801. The maximum absolute atomic E-state index is 9.30. The van der Waals surface area contributed by atoms with Gasteiger partial charge in [-0.3, -0.25) is 0 Å². The Bertz CT molecular complexity index is 334. The second-order valence-electron chi connectivity index (χ2n) is 3.73. The molecule has 0 amide bonds. The smallest absolute Gasteiger partial charge is 0.226 e. The summed E-state index contributed by atoms with van der Waals surface area (Å²) in [4.78, 5) is 8.15. The number of aromatic nitrogens is 2. The second-order valence-corrected chi connectivity index (χ2v) is 3.73. The first-order chi connectivity index (χ1) is 8.19. The standard InChI is InChI=1S/C11H19N3O3/c1-3-11(7-15,8-16)14-10-12-6-5-9(13-10)17-4-2/h5-6,15-16H,3-4,7-8H2,1-2H3,(H,12,13,14). The van der Waals surface area contributed by atoms with Gasteiger partial charge in [-0.1, -0.05) is 6.92 Å². The minimum Gasteiger partial charge on any atom is -0.478 e. The van der Waals surface area contributed by atoms with Gasteiger partial charge in [0, 0.05) is 12.3 Å². The Balaban J connectivity index is 2.82. The predicted molar refractivity (Wildman–Crippen MR) is 64.0 cm³/mol. The molecule has 1 rings (SSSR count). The number of aliphatic hydroxyl groups excluding tert-OH is 2. The van der Waals surface area contributed by atoms with Crippen LogP contribution in [0.3, 0.4) is 0 Å². The number of aliphatic hydroxyl groups is 2. The van der Waals surface area contributed by atoms with E-state index in [1.54, 1.807) is 12.3 Å². The molecule has 96 valence electrons. The molecule has 0 aliphatic rings. The molecule has 0 radical (unpaired) electrons. The molecule has 0 fully saturated rings. The van der Waals surface area contributed by atoms with Crippen LogP contribution in [-0.2, 0) is 0 Å². The molecule has 0 spiro atoms. The number of nitrogens with one attached hydrogen (secondary N) is 1. The van der Waals surface area contributed by atoms with E-state index in [9.17, 15) is 10.2 Å². The molecule has 0 aliphatic carbocycles. The van der Waals surface area contributed by atoms with Gasteiger partial charge in [0.1, 0.15) is 0 Å². The molecule has 3 N–H and O–H groups in total. The Hall–Kier alpha value is -1.40. The molecule has 6 heteroatoms. The van der Waals surface area contributed by atoms with E-state index in [-0.39, 0.29) is 13.2 Å². The molecule has 0 bridgehead atoms. The molecule has 0 aromatic carbocycles. The van der Waals surface area contributed by atoms with Crippen molar-refractivity contribution in [3.63, 3.8) is 0 Å². The van der Waals surface area contributed by atoms with Gasteiger partial charge in [-0.2, -0.15) is 4.98 Å². The van der Waals surface area contributed by atoms with Crippen LogP contribution in [0.5, 0.6) is 5.88 Å². The van der Waals surface area contributed by atoms with Crippen LogP contribution in [-0.4, -0.2) is 45.5 Å². The van der Waals surface area contributed by atoms with Crippen LogP contribution in [0.2, 0.25) is 0 Å². The predicted octanol–water partition coefficient (Wildman–Crippen LogP) is 0.421. The normalized spacial score (nSPS) is 11.3. The number of anilines is 1. The fourth-order valence-corrected chi connectivity index (χ4v) is 1.31. The summed E-state index contributed by atoms with van der Waals surface area (Å²) in [6, 6.07) is 1.65. The van der Waals surface area contributed by atoms with Gasteiger partial charge in [0.25, 0.3) is 0 Å². The number of hydrogen-bond acceptors (Lipinski definition) is 6. The Labute approximate surface area is 101 Å². The number of ether oxygens (including phenoxy) is 1. The Morgan fingerprint density at radius 3 is 2.59 bits per heavy atom. The van der Waals surface area contributed by atoms with E-state index in [1.165, 1.54) is 0 Å². The molecule has 0 saturated carbocycles. The zero-order valence-corrected chi connectivity index (χ0v) is 10.2. The summed E-state index contributed by atoms with van der Waals surface area (Å²) >= 11 is 0. The minimum absolute atomic E-state index is 0.192. The first-order valence-electron chi connectivity index (χ1n) is 5.65. The van der Waals surface area contributed by atoms with E-state index < -0.39 is 5.54 Å². The minimum atomic E-state index is -0.801. The maximum atomic E-state index is 9.30. The second kappa shape index (κ2) is 6.36. The van der Waals surface area contributed by atoms with Crippen molar-refractivity contribution in [1.29, 1.82) is 0 Å². The van der Waals surface area contributed by atoms with E-state index in [0.717, 1.165) is 0 Å². The van der Waals surface area contributed by atoms with E-state index in [2.05, 4.69) is 15.3 Å². The molecule has 6 nitrogen and oxygen atoms in total. The third kappa shape index (κ3) is 3.54. The molecular formula is C11H19N3O3. The van der Waals surface area contributed by atoms with Gasteiger partial charge in [-0.05, 0) is 13.3 Å². The summed E-state index contributed by atoms with van der Waals surface area (Å²) < 4.78 is 5.25. The molecular weight excluding hydrogens is 222 g/mol. The van der Waals surface area contributed by atoms with Crippen molar-refractivity contribution in [3.05, 3.63) is 12.3 Å². The van der Waals surface area contributed by atoms with Crippen molar-refractivity contribution >= 4 is 5.95 Å². The van der Waals surface area contributed by atoms with Gasteiger partial charge in [-0.15, -0.1) is 0 Å². The quantitative estimate of drug-likeness (QED) is 0.641. The SMILES string of the molecule is CCOc1ccnc(NC(CC)(CO)CO)n1. The topological polar surface area (TPSA) is 87.5 Å². The van der Waals surface area contributed by atoms with E-state index in [0.29, 0.717) is 24.9 Å². The maximum Gasteiger partial charge on any atom is 0.226 e. The van der Waals surface area contributed by atoms with Crippen LogP contribution < -0.4 is 10.1 Å². The highest BCUT2D eigenvalue weighted by atomic mass is 16.5.